The Morgan fingerprint density at radius 1 is 1.22 bits per heavy atom. The number of carbonyl (C=O) groups excluding carboxylic acids is 1. The van der Waals surface area contributed by atoms with Crippen molar-refractivity contribution in [3.8, 4) is 11.3 Å². The Bertz CT molecular complexity index is 1020. The van der Waals surface area contributed by atoms with Gasteiger partial charge in [-0.05, 0) is 38.0 Å². The molecule has 140 valence electrons. The van der Waals surface area contributed by atoms with Gasteiger partial charge in [0.1, 0.15) is 11.2 Å². The molecule has 1 amide bonds. The molecule has 4 rings (SSSR count). The predicted octanol–water partition coefficient (Wildman–Crippen LogP) is 3.92. The molecule has 1 aliphatic heterocycles. The lowest BCUT2D eigenvalue weighted by molar-refractivity contribution is 0.0242. The number of anilines is 1. The van der Waals surface area contributed by atoms with E-state index in [9.17, 15) is 4.79 Å². The van der Waals surface area contributed by atoms with Crippen LogP contribution in [0.5, 0.6) is 0 Å². The van der Waals surface area contributed by atoms with Gasteiger partial charge in [-0.2, -0.15) is 4.98 Å². The second-order valence-electron chi connectivity index (χ2n) is 7.67. The number of aromatic amines is 1. The number of rotatable bonds is 2. The largest absolute Gasteiger partial charge is 0.444 e. The van der Waals surface area contributed by atoms with E-state index in [1.165, 1.54) is 0 Å². The molecule has 7 nitrogen and oxygen atoms in total. The smallest absolute Gasteiger partial charge is 0.410 e. The number of aromatic nitrogens is 3. The van der Waals surface area contributed by atoms with E-state index in [0.29, 0.717) is 19.0 Å². The standard InChI is InChI=1S/C20H23N5O2/c1-20(2,3)27-19(26)25-10-12-6-5-7-13(15(12)11-25)16-14-8-9-22-17(14)24-18(21-4)23-16/h5-9H,10-11H2,1-4H3,(H2,21,22,23,24). The lowest BCUT2D eigenvalue weighted by Gasteiger charge is -2.24. The molecular formula is C20H23N5O2. The van der Waals surface area contributed by atoms with Gasteiger partial charge in [-0.25, -0.2) is 9.78 Å². The monoisotopic (exact) mass is 365 g/mol. The summed E-state index contributed by atoms with van der Waals surface area (Å²) in [6.07, 6.45) is 1.56. The third kappa shape index (κ3) is 3.20. The second kappa shape index (κ2) is 6.26. The first-order valence-electron chi connectivity index (χ1n) is 8.97. The molecule has 3 heterocycles. The van der Waals surface area contributed by atoms with Crippen LogP contribution in [0.15, 0.2) is 30.5 Å². The predicted molar refractivity (Wildman–Crippen MR) is 104 cm³/mol. The van der Waals surface area contributed by atoms with Crippen molar-refractivity contribution in [3.05, 3.63) is 41.6 Å². The minimum absolute atomic E-state index is 0.296. The number of amides is 1. The Hall–Kier alpha value is -3.09. The van der Waals surface area contributed by atoms with Crippen molar-refractivity contribution in [2.75, 3.05) is 12.4 Å². The van der Waals surface area contributed by atoms with Crippen LogP contribution in [0.2, 0.25) is 0 Å². The molecule has 0 atom stereocenters. The Balaban J connectivity index is 1.75. The summed E-state index contributed by atoms with van der Waals surface area (Å²) in [5, 5.41) is 3.97. The van der Waals surface area contributed by atoms with E-state index in [1.54, 1.807) is 11.9 Å². The SMILES string of the molecule is CNc1nc(-c2cccc3c2CN(C(=O)OC(C)(C)C)C3)c2cc[nH]c2n1. The van der Waals surface area contributed by atoms with Gasteiger partial charge >= 0.3 is 6.09 Å². The maximum Gasteiger partial charge on any atom is 0.410 e. The van der Waals surface area contributed by atoms with Crippen molar-refractivity contribution < 1.29 is 9.53 Å². The number of H-pyrrole nitrogens is 1. The van der Waals surface area contributed by atoms with Gasteiger partial charge in [0.05, 0.1) is 12.2 Å². The summed E-state index contributed by atoms with van der Waals surface area (Å²) in [4.78, 5) is 26.5. The number of fused-ring (bicyclic) bond motifs is 2. The molecular weight excluding hydrogens is 342 g/mol. The third-order valence-corrected chi connectivity index (χ3v) is 4.53. The number of carbonyl (C=O) groups is 1. The van der Waals surface area contributed by atoms with Crippen LogP contribution in [0.1, 0.15) is 31.9 Å². The maximum atomic E-state index is 12.5. The summed E-state index contributed by atoms with van der Waals surface area (Å²) < 4.78 is 5.54. The topological polar surface area (TPSA) is 83.1 Å². The minimum Gasteiger partial charge on any atom is -0.444 e. The number of hydrogen-bond acceptors (Lipinski definition) is 5. The first kappa shape index (κ1) is 17.3. The van der Waals surface area contributed by atoms with Crippen molar-refractivity contribution in [2.45, 2.75) is 39.5 Å². The first-order valence-corrected chi connectivity index (χ1v) is 8.97. The van der Waals surface area contributed by atoms with E-state index in [1.807, 2.05) is 45.2 Å². The minimum atomic E-state index is -0.514. The molecule has 27 heavy (non-hydrogen) atoms. The number of hydrogen-bond donors (Lipinski definition) is 2. The van der Waals surface area contributed by atoms with Crippen molar-refractivity contribution in [2.24, 2.45) is 0 Å². The average Bonchev–Trinajstić information content (AvgIpc) is 3.25. The van der Waals surface area contributed by atoms with E-state index in [4.69, 9.17) is 9.72 Å². The molecule has 1 aliphatic rings. The quantitative estimate of drug-likeness (QED) is 0.719. The molecule has 2 N–H and O–H groups in total. The summed E-state index contributed by atoms with van der Waals surface area (Å²) >= 11 is 0. The molecule has 0 bridgehead atoms. The number of nitrogens with zero attached hydrogens (tertiary/aromatic N) is 3. The molecule has 1 aromatic carbocycles. The highest BCUT2D eigenvalue weighted by molar-refractivity contribution is 5.93. The van der Waals surface area contributed by atoms with E-state index in [-0.39, 0.29) is 6.09 Å². The fourth-order valence-corrected chi connectivity index (χ4v) is 3.36. The van der Waals surface area contributed by atoms with Gasteiger partial charge in [0.25, 0.3) is 0 Å². The van der Waals surface area contributed by atoms with Crippen LogP contribution in [0.4, 0.5) is 10.7 Å². The highest BCUT2D eigenvalue weighted by Gasteiger charge is 2.30. The second-order valence-corrected chi connectivity index (χ2v) is 7.67. The van der Waals surface area contributed by atoms with E-state index >= 15 is 0 Å². The first-order chi connectivity index (χ1) is 12.9. The van der Waals surface area contributed by atoms with Crippen LogP contribution < -0.4 is 5.32 Å². The average molecular weight is 365 g/mol. The van der Waals surface area contributed by atoms with Crippen LogP contribution in [-0.2, 0) is 17.8 Å². The molecule has 0 aliphatic carbocycles. The molecule has 0 radical (unpaired) electrons. The van der Waals surface area contributed by atoms with E-state index in [0.717, 1.165) is 33.4 Å². The lowest BCUT2D eigenvalue weighted by atomic mass is 9.99. The van der Waals surface area contributed by atoms with Gasteiger partial charge in [-0.1, -0.05) is 18.2 Å². The van der Waals surface area contributed by atoms with Crippen LogP contribution in [0.25, 0.3) is 22.3 Å². The van der Waals surface area contributed by atoms with E-state index < -0.39 is 5.60 Å². The molecule has 0 saturated carbocycles. The fourth-order valence-electron chi connectivity index (χ4n) is 3.36. The summed E-state index contributed by atoms with van der Waals surface area (Å²) in [5.74, 6) is 0.555. The van der Waals surface area contributed by atoms with Crippen molar-refractivity contribution in [1.29, 1.82) is 0 Å². The highest BCUT2D eigenvalue weighted by atomic mass is 16.6. The number of nitrogens with one attached hydrogen (secondary N) is 2. The molecule has 0 saturated heterocycles. The van der Waals surface area contributed by atoms with Crippen molar-refractivity contribution in [3.63, 3.8) is 0 Å². The Kier molecular flexibility index (Phi) is 4.02. The molecule has 7 heteroatoms. The van der Waals surface area contributed by atoms with Crippen molar-refractivity contribution in [1.82, 2.24) is 19.9 Å². The van der Waals surface area contributed by atoms with Crippen LogP contribution in [0.3, 0.4) is 0 Å². The van der Waals surface area contributed by atoms with Gasteiger partial charge in [0, 0.05) is 30.7 Å². The highest BCUT2D eigenvalue weighted by Crippen LogP contribution is 2.35. The summed E-state index contributed by atoms with van der Waals surface area (Å²) in [5.41, 5.74) is 4.36. The normalized spacial score (nSPS) is 13.7. The fraction of sp³-hybridized carbons (Fsp3) is 0.350. The Morgan fingerprint density at radius 2 is 2.04 bits per heavy atom. The van der Waals surface area contributed by atoms with Crippen LogP contribution in [0, 0.1) is 0 Å². The van der Waals surface area contributed by atoms with Gasteiger partial charge in [-0.3, -0.25) is 4.90 Å². The van der Waals surface area contributed by atoms with Gasteiger partial charge in [0.2, 0.25) is 5.95 Å². The van der Waals surface area contributed by atoms with E-state index in [2.05, 4.69) is 21.4 Å². The molecule has 0 unspecified atom stereocenters. The zero-order valence-electron chi connectivity index (χ0n) is 16.0. The summed E-state index contributed by atoms with van der Waals surface area (Å²) in [6.45, 7) is 6.68. The lowest BCUT2D eigenvalue weighted by Crippen LogP contribution is -2.33. The maximum absolute atomic E-state index is 12.5. The Morgan fingerprint density at radius 3 is 2.78 bits per heavy atom. The zero-order chi connectivity index (χ0) is 19.2. The molecule has 0 fully saturated rings. The van der Waals surface area contributed by atoms with Crippen LogP contribution >= 0.6 is 0 Å². The van der Waals surface area contributed by atoms with Gasteiger partial charge < -0.3 is 15.0 Å². The summed E-state index contributed by atoms with van der Waals surface area (Å²) in [6, 6.07) is 8.08. The van der Waals surface area contributed by atoms with Crippen LogP contribution in [-0.4, -0.2) is 38.6 Å². The molecule has 0 spiro atoms. The zero-order valence-corrected chi connectivity index (χ0v) is 16.0. The Labute approximate surface area is 157 Å². The number of ether oxygens (including phenoxy) is 1. The van der Waals surface area contributed by atoms with Crippen molar-refractivity contribution >= 4 is 23.1 Å². The molecule has 2 aromatic heterocycles. The molecule has 3 aromatic rings. The van der Waals surface area contributed by atoms with Gasteiger partial charge in [0.15, 0.2) is 0 Å². The van der Waals surface area contributed by atoms with Gasteiger partial charge in [-0.15, -0.1) is 0 Å². The number of benzene rings is 1. The third-order valence-electron chi connectivity index (χ3n) is 4.53. The summed E-state index contributed by atoms with van der Waals surface area (Å²) in [7, 11) is 1.80.